The van der Waals surface area contributed by atoms with Gasteiger partial charge in [-0.05, 0) is 53.6 Å². The van der Waals surface area contributed by atoms with Crippen LogP contribution in [0, 0.1) is 5.82 Å². The van der Waals surface area contributed by atoms with Crippen molar-refractivity contribution >= 4 is 12.2 Å². The number of hydrogen-bond acceptors (Lipinski definition) is 6. The van der Waals surface area contributed by atoms with Crippen molar-refractivity contribution < 1.29 is 23.0 Å². The van der Waals surface area contributed by atoms with E-state index >= 15 is 0 Å². The molecular formula is C25H21FN2O4. The first-order valence-corrected chi connectivity index (χ1v) is 9.79. The van der Waals surface area contributed by atoms with E-state index < -0.39 is 0 Å². The number of rotatable bonds is 7. The number of halogens is 1. The Balaban J connectivity index is 1.77. The van der Waals surface area contributed by atoms with Crippen LogP contribution in [0.4, 0.5) is 4.39 Å². The average Bonchev–Trinajstić information content (AvgIpc) is 3.32. The van der Waals surface area contributed by atoms with Gasteiger partial charge in [-0.25, -0.2) is 4.39 Å². The molecule has 4 rings (SSSR count). The van der Waals surface area contributed by atoms with Gasteiger partial charge in [0.05, 0.1) is 26.9 Å². The Bertz CT molecular complexity index is 1230. The van der Waals surface area contributed by atoms with Crippen LogP contribution >= 0.6 is 0 Å². The van der Waals surface area contributed by atoms with Crippen molar-refractivity contribution in [3.8, 4) is 40.2 Å². The van der Waals surface area contributed by atoms with Gasteiger partial charge >= 0.3 is 0 Å². The first-order valence-electron chi connectivity index (χ1n) is 9.79. The molecule has 0 aliphatic carbocycles. The summed E-state index contributed by atoms with van der Waals surface area (Å²) in [5.74, 6) is 2.15. The van der Waals surface area contributed by atoms with Crippen LogP contribution in [0.15, 0.2) is 65.1 Å². The molecule has 162 valence electrons. The van der Waals surface area contributed by atoms with Gasteiger partial charge in [-0.1, -0.05) is 24.3 Å². The van der Waals surface area contributed by atoms with E-state index in [0.29, 0.717) is 22.6 Å². The number of nitrogens with zero attached hydrogens (tertiary/aromatic N) is 2. The van der Waals surface area contributed by atoms with Crippen LogP contribution in [0.3, 0.4) is 0 Å². The smallest absolute Gasteiger partial charge is 0.252 e. The zero-order chi connectivity index (χ0) is 22.5. The summed E-state index contributed by atoms with van der Waals surface area (Å²) in [6.07, 6.45) is 3.87. The van der Waals surface area contributed by atoms with Crippen molar-refractivity contribution in [1.82, 2.24) is 10.2 Å². The summed E-state index contributed by atoms with van der Waals surface area (Å²) in [6.45, 7) is 0. The highest BCUT2D eigenvalue weighted by atomic mass is 19.1. The van der Waals surface area contributed by atoms with E-state index in [4.69, 9.17) is 18.6 Å². The molecule has 1 heterocycles. The Morgan fingerprint density at radius 1 is 0.750 bits per heavy atom. The number of methoxy groups -OCH3 is 3. The van der Waals surface area contributed by atoms with E-state index in [2.05, 4.69) is 10.2 Å². The highest BCUT2D eigenvalue weighted by Crippen LogP contribution is 2.38. The van der Waals surface area contributed by atoms with Gasteiger partial charge in [0.25, 0.3) is 5.89 Å². The molecule has 7 heteroatoms. The fraction of sp³-hybridized carbons (Fsp3) is 0.120. The van der Waals surface area contributed by atoms with E-state index in [0.717, 1.165) is 16.9 Å². The molecule has 0 atom stereocenters. The summed E-state index contributed by atoms with van der Waals surface area (Å²) in [6, 6.07) is 17.1. The highest BCUT2D eigenvalue weighted by Gasteiger charge is 2.19. The predicted molar refractivity (Wildman–Crippen MR) is 120 cm³/mol. The summed E-state index contributed by atoms with van der Waals surface area (Å²) in [5.41, 5.74) is 2.99. The molecule has 32 heavy (non-hydrogen) atoms. The minimum Gasteiger partial charge on any atom is -0.497 e. The summed E-state index contributed by atoms with van der Waals surface area (Å²) in [5, 5.41) is 8.33. The maximum absolute atomic E-state index is 13.3. The summed E-state index contributed by atoms with van der Waals surface area (Å²) in [4.78, 5) is 0. The van der Waals surface area contributed by atoms with E-state index in [-0.39, 0.29) is 17.6 Å². The fourth-order valence-corrected chi connectivity index (χ4v) is 3.18. The van der Waals surface area contributed by atoms with Gasteiger partial charge in [0.2, 0.25) is 5.89 Å². The van der Waals surface area contributed by atoms with E-state index in [1.807, 2.05) is 42.5 Å². The van der Waals surface area contributed by atoms with Crippen LogP contribution < -0.4 is 14.2 Å². The van der Waals surface area contributed by atoms with Gasteiger partial charge in [-0.3, -0.25) is 0 Å². The van der Waals surface area contributed by atoms with Crippen molar-refractivity contribution in [3.05, 3.63) is 77.6 Å². The molecule has 0 aliphatic rings. The molecule has 0 fully saturated rings. The molecule has 4 aromatic rings. The van der Waals surface area contributed by atoms with Gasteiger partial charge in [-0.15, -0.1) is 10.2 Å². The van der Waals surface area contributed by atoms with Gasteiger partial charge in [0.15, 0.2) is 0 Å². The van der Waals surface area contributed by atoms with E-state index in [1.165, 1.54) is 12.1 Å². The third-order valence-electron chi connectivity index (χ3n) is 4.86. The molecule has 0 radical (unpaired) electrons. The van der Waals surface area contributed by atoms with Crippen molar-refractivity contribution in [2.75, 3.05) is 21.3 Å². The standard InChI is InChI=1S/C25H21FN2O4/c1-29-20-12-5-16(6-13-20)4-7-18-14-21(30-2)15-22(31-3)23(18)25-28-27-24(32-25)17-8-10-19(26)11-9-17/h4-15H,1-3H3/b7-4+. The van der Waals surface area contributed by atoms with Crippen LogP contribution in [0.1, 0.15) is 11.1 Å². The molecule has 0 N–H and O–H groups in total. The maximum atomic E-state index is 13.3. The summed E-state index contributed by atoms with van der Waals surface area (Å²) < 4.78 is 35.4. The van der Waals surface area contributed by atoms with Crippen LogP contribution in [-0.2, 0) is 0 Å². The molecule has 0 amide bonds. The van der Waals surface area contributed by atoms with Gasteiger partial charge in [0.1, 0.15) is 23.1 Å². The molecule has 0 spiro atoms. The molecule has 1 aromatic heterocycles. The van der Waals surface area contributed by atoms with Crippen LogP contribution in [0.25, 0.3) is 35.1 Å². The lowest BCUT2D eigenvalue weighted by molar-refractivity contribution is 0.394. The van der Waals surface area contributed by atoms with Crippen LogP contribution in [0.2, 0.25) is 0 Å². The quantitative estimate of drug-likeness (QED) is 0.347. The topological polar surface area (TPSA) is 66.6 Å². The maximum Gasteiger partial charge on any atom is 0.252 e. The van der Waals surface area contributed by atoms with Gasteiger partial charge in [-0.2, -0.15) is 0 Å². The average molecular weight is 432 g/mol. The molecule has 0 saturated heterocycles. The Labute approximate surface area is 184 Å². The molecule has 3 aromatic carbocycles. The van der Waals surface area contributed by atoms with E-state index in [9.17, 15) is 4.39 Å². The molecule has 0 aliphatic heterocycles. The van der Waals surface area contributed by atoms with Crippen molar-refractivity contribution in [3.63, 3.8) is 0 Å². The summed E-state index contributed by atoms with van der Waals surface area (Å²) >= 11 is 0. The minimum absolute atomic E-state index is 0.276. The third-order valence-corrected chi connectivity index (χ3v) is 4.86. The lowest BCUT2D eigenvalue weighted by Gasteiger charge is -2.11. The number of aromatic nitrogens is 2. The highest BCUT2D eigenvalue weighted by molar-refractivity contribution is 5.83. The number of benzene rings is 3. The second kappa shape index (κ2) is 9.34. The molecular weight excluding hydrogens is 411 g/mol. The number of hydrogen-bond donors (Lipinski definition) is 0. The van der Waals surface area contributed by atoms with E-state index in [1.54, 1.807) is 39.5 Å². The number of ether oxygens (including phenoxy) is 3. The Kier molecular flexibility index (Phi) is 6.17. The minimum atomic E-state index is -0.337. The largest absolute Gasteiger partial charge is 0.497 e. The fourth-order valence-electron chi connectivity index (χ4n) is 3.18. The van der Waals surface area contributed by atoms with Crippen LogP contribution in [0.5, 0.6) is 17.2 Å². The third kappa shape index (κ3) is 4.46. The van der Waals surface area contributed by atoms with Crippen molar-refractivity contribution in [2.24, 2.45) is 0 Å². The molecule has 6 nitrogen and oxygen atoms in total. The normalized spacial score (nSPS) is 11.0. The van der Waals surface area contributed by atoms with Gasteiger partial charge in [0, 0.05) is 11.6 Å². The zero-order valence-electron chi connectivity index (χ0n) is 17.8. The Hall–Kier alpha value is -4.13. The Morgan fingerprint density at radius 2 is 1.44 bits per heavy atom. The SMILES string of the molecule is COc1ccc(/C=C/c2cc(OC)cc(OC)c2-c2nnc(-c3ccc(F)cc3)o2)cc1. The second-order valence-electron chi connectivity index (χ2n) is 6.82. The monoisotopic (exact) mass is 432 g/mol. The molecule has 0 unspecified atom stereocenters. The van der Waals surface area contributed by atoms with Crippen LogP contribution in [-0.4, -0.2) is 31.5 Å². The molecule has 0 bridgehead atoms. The first-order chi connectivity index (χ1) is 15.6. The zero-order valence-corrected chi connectivity index (χ0v) is 17.8. The Morgan fingerprint density at radius 3 is 2.09 bits per heavy atom. The lowest BCUT2D eigenvalue weighted by Crippen LogP contribution is -1.94. The lowest BCUT2D eigenvalue weighted by atomic mass is 10.0. The predicted octanol–water partition coefficient (Wildman–Crippen LogP) is 5.74. The molecule has 0 saturated carbocycles. The second-order valence-corrected chi connectivity index (χ2v) is 6.82. The van der Waals surface area contributed by atoms with Gasteiger partial charge < -0.3 is 18.6 Å². The summed E-state index contributed by atoms with van der Waals surface area (Å²) in [7, 11) is 4.78. The van der Waals surface area contributed by atoms with Crippen molar-refractivity contribution in [2.45, 2.75) is 0 Å². The van der Waals surface area contributed by atoms with Crippen molar-refractivity contribution in [1.29, 1.82) is 0 Å². The first kappa shape index (κ1) is 21.1.